The SMILES string of the molecule is COC(=O)N[C@@H]1CN(c2ccc(N3CC(N(C)C(C)=O)OC3=O)cc2F)C[C@@H]1C. The molecule has 0 bridgehead atoms. The number of anilines is 2. The summed E-state index contributed by atoms with van der Waals surface area (Å²) in [4.78, 5) is 39.6. The number of methoxy groups -OCH3 is 1. The Morgan fingerprint density at radius 1 is 1.31 bits per heavy atom. The van der Waals surface area contributed by atoms with Gasteiger partial charge in [-0.05, 0) is 24.1 Å². The monoisotopic (exact) mass is 408 g/mol. The fourth-order valence-electron chi connectivity index (χ4n) is 3.54. The van der Waals surface area contributed by atoms with Crippen LogP contribution in [0.4, 0.5) is 25.4 Å². The van der Waals surface area contributed by atoms with Crippen LogP contribution in [0, 0.1) is 11.7 Å². The zero-order valence-corrected chi connectivity index (χ0v) is 16.8. The lowest BCUT2D eigenvalue weighted by atomic mass is 10.1. The second kappa shape index (κ2) is 8.14. The van der Waals surface area contributed by atoms with Crippen LogP contribution in [0.25, 0.3) is 0 Å². The summed E-state index contributed by atoms with van der Waals surface area (Å²) in [5.74, 6) is -0.598. The van der Waals surface area contributed by atoms with E-state index in [0.717, 1.165) is 0 Å². The normalized spacial score (nSPS) is 23.8. The fraction of sp³-hybridized carbons (Fsp3) is 0.526. The third-order valence-electron chi connectivity index (χ3n) is 5.41. The van der Waals surface area contributed by atoms with Gasteiger partial charge in [-0.2, -0.15) is 0 Å². The van der Waals surface area contributed by atoms with E-state index in [1.165, 1.54) is 29.9 Å². The molecule has 2 aliphatic heterocycles. The Morgan fingerprint density at radius 2 is 2.03 bits per heavy atom. The van der Waals surface area contributed by atoms with Crippen LogP contribution in [-0.2, 0) is 14.3 Å². The predicted molar refractivity (Wildman–Crippen MR) is 103 cm³/mol. The Labute approximate surface area is 168 Å². The first-order valence-corrected chi connectivity index (χ1v) is 9.31. The van der Waals surface area contributed by atoms with E-state index in [1.807, 2.05) is 11.8 Å². The summed E-state index contributed by atoms with van der Waals surface area (Å²) >= 11 is 0. The van der Waals surface area contributed by atoms with E-state index in [2.05, 4.69) is 10.1 Å². The van der Waals surface area contributed by atoms with Crippen molar-refractivity contribution in [3.05, 3.63) is 24.0 Å². The molecule has 1 aromatic rings. The molecule has 2 heterocycles. The highest BCUT2D eigenvalue weighted by Gasteiger charge is 2.37. The highest BCUT2D eigenvalue weighted by Crippen LogP contribution is 2.31. The molecular weight excluding hydrogens is 383 g/mol. The van der Waals surface area contributed by atoms with Gasteiger partial charge in [-0.3, -0.25) is 9.69 Å². The molecule has 9 nitrogen and oxygen atoms in total. The van der Waals surface area contributed by atoms with E-state index in [4.69, 9.17) is 4.74 Å². The van der Waals surface area contributed by atoms with Gasteiger partial charge in [0.05, 0.1) is 31.1 Å². The number of nitrogens with zero attached hydrogens (tertiary/aromatic N) is 3. The number of halogens is 1. The highest BCUT2D eigenvalue weighted by atomic mass is 19.1. The first-order valence-electron chi connectivity index (χ1n) is 9.31. The number of alkyl carbamates (subject to hydrolysis) is 1. The molecule has 0 aromatic heterocycles. The Morgan fingerprint density at radius 3 is 2.66 bits per heavy atom. The zero-order valence-electron chi connectivity index (χ0n) is 16.8. The van der Waals surface area contributed by atoms with Gasteiger partial charge in [-0.1, -0.05) is 6.92 Å². The molecule has 3 amide bonds. The number of rotatable bonds is 4. The molecule has 29 heavy (non-hydrogen) atoms. The maximum Gasteiger partial charge on any atom is 0.416 e. The Hall–Kier alpha value is -3.04. The van der Waals surface area contributed by atoms with Crippen molar-refractivity contribution in [3.63, 3.8) is 0 Å². The molecule has 0 saturated carbocycles. The molecule has 0 radical (unpaired) electrons. The van der Waals surface area contributed by atoms with Crippen LogP contribution in [0.2, 0.25) is 0 Å². The van der Waals surface area contributed by atoms with Crippen molar-refractivity contribution in [2.75, 3.05) is 43.6 Å². The number of carbonyl (C=O) groups is 3. The molecule has 2 fully saturated rings. The summed E-state index contributed by atoms with van der Waals surface area (Å²) in [5.41, 5.74) is 0.743. The minimum atomic E-state index is -0.715. The van der Waals surface area contributed by atoms with Crippen LogP contribution in [0.3, 0.4) is 0 Å². The van der Waals surface area contributed by atoms with Crippen molar-refractivity contribution < 1.29 is 28.2 Å². The van der Waals surface area contributed by atoms with Gasteiger partial charge in [-0.15, -0.1) is 0 Å². The molecule has 1 aromatic carbocycles. The fourth-order valence-corrected chi connectivity index (χ4v) is 3.54. The first-order chi connectivity index (χ1) is 13.7. The third kappa shape index (κ3) is 4.20. The van der Waals surface area contributed by atoms with E-state index < -0.39 is 24.2 Å². The molecule has 2 saturated heterocycles. The van der Waals surface area contributed by atoms with Crippen LogP contribution in [0.5, 0.6) is 0 Å². The molecule has 3 rings (SSSR count). The number of amides is 3. The van der Waals surface area contributed by atoms with E-state index in [0.29, 0.717) is 24.5 Å². The van der Waals surface area contributed by atoms with Crippen LogP contribution < -0.4 is 15.1 Å². The number of hydrogen-bond acceptors (Lipinski definition) is 6. The number of hydrogen-bond donors (Lipinski definition) is 1. The maximum atomic E-state index is 14.9. The quantitative estimate of drug-likeness (QED) is 0.817. The smallest absolute Gasteiger partial charge is 0.416 e. The summed E-state index contributed by atoms with van der Waals surface area (Å²) in [7, 11) is 2.84. The van der Waals surface area contributed by atoms with Gasteiger partial charge in [0.25, 0.3) is 0 Å². The molecule has 10 heteroatoms. The van der Waals surface area contributed by atoms with E-state index in [1.54, 1.807) is 19.2 Å². The van der Waals surface area contributed by atoms with Gasteiger partial charge in [-0.25, -0.2) is 14.0 Å². The maximum absolute atomic E-state index is 14.9. The lowest BCUT2D eigenvalue weighted by molar-refractivity contribution is -0.134. The lowest BCUT2D eigenvalue weighted by Crippen LogP contribution is -2.39. The summed E-state index contributed by atoms with van der Waals surface area (Å²) < 4.78 is 24.7. The van der Waals surface area contributed by atoms with E-state index in [9.17, 15) is 18.8 Å². The van der Waals surface area contributed by atoms with Crippen molar-refractivity contribution in [1.82, 2.24) is 10.2 Å². The van der Waals surface area contributed by atoms with Crippen molar-refractivity contribution in [2.45, 2.75) is 26.1 Å². The van der Waals surface area contributed by atoms with E-state index >= 15 is 0 Å². The van der Waals surface area contributed by atoms with Crippen LogP contribution in [0.15, 0.2) is 18.2 Å². The van der Waals surface area contributed by atoms with Gasteiger partial charge in [0.2, 0.25) is 5.91 Å². The second-order valence-electron chi connectivity index (χ2n) is 7.34. The number of ether oxygens (including phenoxy) is 2. The Balaban J connectivity index is 1.72. The van der Waals surface area contributed by atoms with Crippen molar-refractivity contribution in [3.8, 4) is 0 Å². The summed E-state index contributed by atoms with van der Waals surface area (Å²) in [6.45, 7) is 4.49. The van der Waals surface area contributed by atoms with E-state index in [-0.39, 0.29) is 24.4 Å². The Kier molecular flexibility index (Phi) is 5.81. The standard InChI is InChI=1S/C19H25FN4O5/c1-11-8-23(9-15(11)21-18(26)28-4)16-6-5-13(7-14(16)20)24-10-17(29-19(24)27)22(3)12(2)25/h5-7,11,15,17H,8-10H2,1-4H3,(H,21,26)/t11-,15+,17?/m0/s1. The molecule has 1 unspecified atom stereocenters. The van der Waals surface area contributed by atoms with Gasteiger partial charge >= 0.3 is 12.2 Å². The van der Waals surface area contributed by atoms with Crippen LogP contribution in [0.1, 0.15) is 13.8 Å². The molecule has 0 aliphatic carbocycles. The Bertz CT molecular complexity index is 820. The van der Waals surface area contributed by atoms with Crippen LogP contribution >= 0.6 is 0 Å². The molecule has 158 valence electrons. The molecule has 0 spiro atoms. The van der Waals surface area contributed by atoms with Gasteiger partial charge in [0.1, 0.15) is 5.82 Å². The third-order valence-corrected chi connectivity index (χ3v) is 5.41. The first kappa shape index (κ1) is 20.7. The molecule has 3 atom stereocenters. The second-order valence-corrected chi connectivity index (χ2v) is 7.34. The minimum absolute atomic E-state index is 0.115. The molecule has 1 N–H and O–H groups in total. The summed E-state index contributed by atoms with van der Waals surface area (Å²) in [6, 6.07) is 4.37. The van der Waals surface area contributed by atoms with Gasteiger partial charge < -0.3 is 24.6 Å². The summed E-state index contributed by atoms with van der Waals surface area (Å²) in [6.07, 6.45) is -1.86. The topological polar surface area (TPSA) is 91.4 Å². The van der Waals surface area contributed by atoms with Crippen LogP contribution in [-0.4, -0.2) is 69.1 Å². The minimum Gasteiger partial charge on any atom is -0.453 e. The largest absolute Gasteiger partial charge is 0.453 e. The number of benzene rings is 1. The predicted octanol–water partition coefficient (Wildman–Crippen LogP) is 1.77. The van der Waals surface area contributed by atoms with Gasteiger partial charge in [0.15, 0.2) is 6.23 Å². The summed E-state index contributed by atoms with van der Waals surface area (Å²) in [5, 5.41) is 2.76. The lowest BCUT2D eigenvalue weighted by Gasteiger charge is -2.22. The average molecular weight is 408 g/mol. The molecular formula is C19H25FN4O5. The number of likely N-dealkylation sites (N-methyl/N-ethyl adjacent to an activating group) is 1. The zero-order chi connectivity index (χ0) is 21.3. The number of carbonyl (C=O) groups excluding carboxylic acids is 3. The van der Waals surface area contributed by atoms with Crippen molar-refractivity contribution in [1.29, 1.82) is 0 Å². The van der Waals surface area contributed by atoms with Gasteiger partial charge in [0, 0.05) is 27.1 Å². The molecule has 2 aliphatic rings. The van der Waals surface area contributed by atoms with Crippen molar-refractivity contribution >= 4 is 29.5 Å². The number of nitrogens with one attached hydrogen (secondary N) is 1. The number of cyclic esters (lactones) is 1. The van der Waals surface area contributed by atoms with Crippen molar-refractivity contribution in [2.24, 2.45) is 5.92 Å². The highest BCUT2D eigenvalue weighted by molar-refractivity contribution is 5.90. The average Bonchev–Trinajstić information content (AvgIpc) is 3.23.